The summed E-state index contributed by atoms with van der Waals surface area (Å²) in [5.74, 6) is -0.00845. The fourth-order valence-corrected chi connectivity index (χ4v) is 4.69. The molecular weight excluding hydrogens is 490 g/mol. The Morgan fingerprint density at radius 2 is 1.86 bits per heavy atom. The molecule has 0 unspecified atom stereocenters. The average Bonchev–Trinajstić information content (AvgIpc) is 3.32. The third kappa shape index (κ3) is 5.29. The molecule has 37 heavy (non-hydrogen) atoms. The monoisotopic (exact) mass is 515 g/mol. The van der Waals surface area contributed by atoms with Gasteiger partial charge in [-0.25, -0.2) is 4.98 Å². The number of nitro benzene ring substituents is 1. The lowest BCUT2D eigenvalue weighted by atomic mass is 10.1. The van der Waals surface area contributed by atoms with Crippen LogP contribution in [0.5, 0.6) is 0 Å². The Hall–Kier alpha value is -4.31. The maximum absolute atomic E-state index is 12.8. The number of carbonyl (C=O) groups excluding carboxylic acids is 1. The van der Waals surface area contributed by atoms with Crippen LogP contribution in [0, 0.1) is 17.0 Å². The van der Waals surface area contributed by atoms with Crippen LogP contribution in [-0.2, 0) is 0 Å². The molecule has 2 heterocycles. The summed E-state index contributed by atoms with van der Waals surface area (Å²) in [4.78, 5) is 30.7. The molecule has 0 saturated carbocycles. The second-order valence-electron chi connectivity index (χ2n) is 8.93. The molecule has 3 aromatic carbocycles. The Kier molecular flexibility index (Phi) is 6.82. The molecule has 4 aromatic rings. The van der Waals surface area contributed by atoms with Gasteiger partial charge in [0.05, 0.1) is 4.92 Å². The summed E-state index contributed by atoms with van der Waals surface area (Å²) in [6.45, 7) is 3.53. The number of thiocarbonyl (C=S) groups is 1. The van der Waals surface area contributed by atoms with Gasteiger partial charge in [-0.2, -0.15) is 0 Å². The molecule has 1 fully saturated rings. The molecule has 1 amide bonds. The molecule has 0 aliphatic carbocycles. The molecule has 1 aliphatic rings. The highest BCUT2D eigenvalue weighted by atomic mass is 32.1. The van der Waals surface area contributed by atoms with Crippen molar-refractivity contribution in [3.63, 3.8) is 0 Å². The van der Waals surface area contributed by atoms with Crippen molar-refractivity contribution in [3.05, 3.63) is 81.9 Å². The van der Waals surface area contributed by atoms with Crippen molar-refractivity contribution in [2.24, 2.45) is 0 Å². The van der Waals surface area contributed by atoms with Gasteiger partial charge in [0.15, 0.2) is 10.7 Å². The van der Waals surface area contributed by atoms with Crippen LogP contribution in [0.15, 0.2) is 65.1 Å². The minimum Gasteiger partial charge on any atom is -0.436 e. The largest absolute Gasteiger partial charge is 0.436 e. The van der Waals surface area contributed by atoms with Crippen LogP contribution in [-0.4, -0.2) is 34.0 Å². The molecule has 9 nitrogen and oxygen atoms in total. The van der Waals surface area contributed by atoms with E-state index in [9.17, 15) is 14.9 Å². The number of nitrogens with zero attached hydrogens (tertiary/aromatic N) is 3. The number of benzene rings is 3. The fourth-order valence-electron chi connectivity index (χ4n) is 4.48. The van der Waals surface area contributed by atoms with E-state index in [-0.39, 0.29) is 16.4 Å². The number of hydrogen-bond donors (Lipinski definition) is 2. The number of aromatic nitrogens is 1. The van der Waals surface area contributed by atoms with Crippen molar-refractivity contribution in [1.29, 1.82) is 0 Å². The minimum atomic E-state index is -0.532. The Morgan fingerprint density at radius 1 is 1.08 bits per heavy atom. The highest BCUT2D eigenvalue weighted by Gasteiger charge is 2.23. The van der Waals surface area contributed by atoms with Crippen molar-refractivity contribution in [1.82, 2.24) is 10.3 Å². The van der Waals surface area contributed by atoms with Gasteiger partial charge >= 0.3 is 0 Å². The Balaban J connectivity index is 1.29. The second-order valence-corrected chi connectivity index (χ2v) is 9.34. The predicted molar refractivity (Wildman–Crippen MR) is 147 cm³/mol. The maximum Gasteiger partial charge on any atom is 0.293 e. The first-order valence-corrected chi connectivity index (χ1v) is 12.4. The molecule has 0 atom stereocenters. The maximum atomic E-state index is 12.8. The van der Waals surface area contributed by atoms with Gasteiger partial charge in [-0.3, -0.25) is 20.2 Å². The second kappa shape index (κ2) is 10.4. The third-order valence-corrected chi connectivity index (χ3v) is 6.58. The Labute approximate surface area is 218 Å². The van der Waals surface area contributed by atoms with Gasteiger partial charge < -0.3 is 14.6 Å². The number of oxazole rings is 1. The van der Waals surface area contributed by atoms with Crippen LogP contribution in [0.4, 0.5) is 17.1 Å². The Morgan fingerprint density at radius 3 is 2.62 bits per heavy atom. The zero-order valence-electron chi connectivity index (χ0n) is 20.2. The fraction of sp³-hybridized carbons (Fsp3) is 0.222. The number of rotatable bonds is 5. The summed E-state index contributed by atoms with van der Waals surface area (Å²) in [5.41, 5.74) is 4.46. The van der Waals surface area contributed by atoms with Crippen molar-refractivity contribution in [3.8, 4) is 11.5 Å². The Bertz CT molecular complexity index is 1510. The predicted octanol–water partition coefficient (Wildman–Crippen LogP) is 5.83. The molecule has 0 spiro atoms. The van der Waals surface area contributed by atoms with Gasteiger partial charge in [0, 0.05) is 36.0 Å². The highest BCUT2D eigenvalue weighted by Crippen LogP contribution is 2.31. The summed E-state index contributed by atoms with van der Waals surface area (Å²) < 4.78 is 5.90. The van der Waals surface area contributed by atoms with Crippen molar-refractivity contribution in [2.75, 3.05) is 23.3 Å². The van der Waals surface area contributed by atoms with Crippen molar-refractivity contribution in [2.45, 2.75) is 26.2 Å². The van der Waals surface area contributed by atoms with Gasteiger partial charge in [-0.15, -0.1) is 0 Å². The van der Waals surface area contributed by atoms with Crippen LogP contribution < -0.4 is 15.5 Å². The summed E-state index contributed by atoms with van der Waals surface area (Å²) in [7, 11) is 0. The van der Waals surface area contributed by atoms with E-state index in [0.717, 1.165) is 43.5 Å². The zero-order chi connectivity index (χ0) is 25.9. The van der Waals surface area contributed by atoms with E-state index < -0.39 is 10.8 Å². The van der Waals surface area contributed by atoms with Crippen LogP contribution in [0.3, 0.4) is 0 Å². The third-order valence-electron chi connectivity index (χ3n) is 6.38. The van der Waals surface area contributed by atoms with Crippen LogP contribution in [0.1, 0.15) is 35.2 Å². The zero-order valence-corrected chi connectivity index (χ0v) is 21.0. The summed E-state index contributed by atoms with van der Waals surface area (Å²) >= 11 is 5.32. The molecule has 0 bridgehead atoms. The quantitative estimate of drug-likeness (QED) is 0.194. The molecular formula is C27H25N5O4S. The minimum absolute atomic E-state index is 0.0646. The number of piperidine rings is 1. The number of carbonyl (C=O) groups is 1. The highest BCUT2D eigenvalue weighted by molar-refractivity contribution is 7.80. The topological polar surface area (TPSA) is 114 Å². The summed E-state index contributed by atoms with van der Waals surface area (Å²) in [6.07, 6.45) is 3.10. The van der Waals surface area contributed by atoms with Gasteiger partial charge in [0.1, 0.15) is 11.2 Å². The number of fused-ring (bicyclic) bond motifs is 1. The molecule has 2 N–H and O–H groups in total. The number of anilines is 2. The van der Waals surface area contributed by atoms with Gasteiger partial charge in [-0.1, -0.05) is 18.2 Å². The lowest BCUT2D eigenvalue weighted by Crippen LogP contribution is -2.34. The van der Waals surface area contributed by atoms with E-state index in [0.29, 0.717) is 28.4 Å². The standard InChI is InChI=1S/C27H25N5O4S/c1-17-7-3-4-8-20(17)26-29-21-16-19(10-12-24(21)36-26)28-27(37)30-25(33)18-9-11-22(23(15-18)32(34)35)31-13-5-2-6-14-31/h3-4,7-12,15-16H,2,5-6,13-14H2,1H3,(H2,28,30,33,37). The van der Waals surface area contributed by atoms with Crippen LogP contribution in [0.2, 0.25) is 0 Å². The van der Waals surface area contributed by atoms with Crippen LogP contribution >= 0.6 is 12.2 Å². The first kappa shape index (κ1) is 24.4. The molecule has 188 valence electrons. The van der Waals surface area contributed by atoms with Crippen molar-refractivity contribution >= 4 is 51.4 Å². The van der Waals surface area contributed by atoms with E-state index in [1.165, 1.54) is 6.07 Å². The molecule has 5 rings (SSSR count). The average molecular weight is 516 g/mol. The first-order chi connectivity index (χ1) is 17.9. The number of hydrogen-bond acceptors (Lipinski definition) is 7. The molecule has 10 heteroatoms. The molecule has 1 saturated heterocycles. The molecule has 0 radical (unpaired) electrons. The first-order valence-electron chi connectivity index (χ1n) is 12.0. The van der Waals surface area contributed by atoms with E-state index in [1.807, 2.05) is 36.1 Å². The summed E-state index contributed by atoms with van der Waals surface area (Å²) in [5, 5.41) is 17.3. The van der Waals surface area contributed by atoms with Crippen molar-refractivity contribution < 1.29 is 14.1 Å². The lowest BCUT2D eigenvalue weighted by Gasteiger charge is -2.28. The van der Waals surface area contributed by atoms with E-state index in [1.54, 1.807) is 30.3 Å². The van der Waals surface area contributed by atoms with Gasteiger partial charge in [-0.05, 0) is 80.4 Å². The summed E-state index contributed by atoms with van der Waals surface area (Å²) in [6, 6.07) is 17.7. The van der Waals surface area contributed by atoms with E-state index in [4.69, 9.17) is 16.6 Å². The number of aryl methyl sites for hydroxylation is 1. The van der Waals surface area contributed by atoms with Gasteiger partial charge in [0.25, 0.3) is 11.6 Å². The molecule has 1 aromatic heterocycles. The molecule has 1 aliphatic heterocycles. The van der Waals surface area contributed by atoms with Gasteiger partial charge in [0.2, 0.25) is 5.89 Å². The smallest absolute Gasteiger partial charge is 0.293 e. The lowest BCUT2D eigenvalue weighted by molar-refractivity contribution is -0.384. The number of nitrogens with one attached hydrogen (secondary N) is 2. The van der Waals surface area contributed by atoms with E-state index in [2.05, 4.69) is 15.6 Å². The van der Waals surface area contributed by atoms with E-state index >= 15 is 0 Å². The number of amides is 1. The number of nitro groups is 1. The SMILES string of the molecule is Cc1ccccc1-c1nc2cc(NC(=S)NC(=O)c3ccc(N4CCCCC4)c([N+](=O)[O-])c3)ccc2o1. The normalized spacial score (nSPS) is 13.4. The van der Waals surface area contributed by atoms with Crippen LogP contribution in [0.25, 0.3) is 22.6 Å².